The molecule has 2 rings (SSSR count). The summed E-state index contributed by atoms with van der Waals surface area (Å²) < 4.78 is 0. The van der Waals surface area contributed by atoms with E-state index in [0.717, 1.165) is 37.1 Å². The van der Waals surface area contributed by atoms with Gasteiger partial charge in [0.1, 0.15) is 0 Å². The first-order valence-electron chi connectivity index (χ1n) is 10.5. The molecular formula is C22H43N5. The predicted octanol–water partition coefficient (Wildman–Crippen LogP) is 3.73. The van der Waals surface area contributed by atoms with E-state index >= 15 is 0 Å². The van der Waals surface area contributed by atoms with Gasteiger partial charge in [-0.05, 0) is 81.1 Å². The fraction of sp³-hybridized carbons (Fsp3) is 0.909. The van der Waals surface area contributed by atoms with Crippen molar-refractivity contribution in [2.75, 3.05) is 13.1 Å². The van der Waals surface area contributed by atoms with Crippen LogP contribution in [0.1, 0.15) is 81.1 Å². The van der Waals surface area contributed by atoms with Crippen molar-refractivity contribution in [3.63, 3.8) is 0 Å². The Labute approximate surface area is 166 Å². The summed E-state index contributed by atoms with van der Waals surface area (Å²) in [4.78, 5) is 0. The molecule has 2 aliphatic rings. The molecule has 156 valence electrons. The summed E-state index contributed by atoms with van der Waals surface area (Å²) in [6.07, 6.45) is 4.02. The lowest BCUT2D eigenvalue weighted by Crippen LogP contribution is -2.59. The first-order valence-corrected chi connectivity index (χ1v) is 10.5. The number of hydrogen-bond acceptors (Lipinski definition) is 5. The third-order valence-corrected chi connectivity index (χ3v) is 6.00. The molecule has 2 heterocycles. The quantitative estimate of drug-likeness (QED) is 0.457. The highest BCUT2D eigenvalue weighted by molar-refractivity contribution is 5.89. The summed E-state index contributed by atoms with van der Waals surface area (Å²) in [5.74, 6) is 0.629. The van der Waals surface area contributed by atoms with Crippen molar-refractivity contribution in [2.24, 2.45) is 11.8 Å². The van der Waals surface area contributed by atoms with Crippen molar-refractivity contribution in [1.82, 2.24) is 16.0 Å². The maximum Gasteiger partial charge on any atom is 0.0339 e. The molecule has 27 heavy (non-hydrogen) atoms. The van der Waals surface area contributed by atoms with Crippen molar-refractivity contribution < 1.29 is 0 Å². The van der Waals surface area contributed by atoms with Crippen molar-refractivity contribution in [3.05, 3.63) is 0 Å². The Kier molecular flexibility index (Phi) is 6.31. The van der Waals surface area contributed by atoms with Crippen LogP contribution >= 0.6 is 0 Å². The van der Waals surface area contributed by atoms with Crippen LogP contribution in [0.4, 0.5) is 0 Å². The molecule has 5 N–H and O–H groups in total. The molecule has 0 bridgehead atoms. The summed E-state index contributed by atoms with van der Waals surface area (Å²) in [5, 5.41) is 27.9. The Balaban J connectivity index is 1.85. The molecule has 2 saturated heterocycles. The van der Waals surface area contributed by atoms with E-state index in [0.29, 0.717) is 24.9 Å². The monoisotopic (exact) mass is 377 g/mol. The second-order valence-electron chi connectivity index (χ2n) is 11.6. The van der Waals surface area contributed by atoms with E-state index < -0.39 is 0 Å². The van der Waals surface area contributed by atoms with E-state index in [1.165, 1.54) is 0 Å². The molecule has 0 aromatic heterocycles. The van der Waals surface area contributed by atoms with Gasteiger partial charge in [-0.3, -0.25) is 0 Å². The van der Waals surface area contributed by atoms with E-state index in [4.69, 9.17) is 10.8 Å². The van der Waals surface area contributed by atoms with Crippen LogP contribution in [0.25, 0.3) is 0 Å². The lowest BCUT2D eigenvalue weighted by atomic mass is 9.73. The van der Waals surface area contributed by atoms with Gasteiger partial charge < -0.3 is 26.8 Å². The maximum atomic E-state index is 8.58. The minimum Gasteiger partial charge on any atom is -0.308 e. The van der Waals surface area contributed by atoms with Crippen molar-refractivity contribution in [1.29, 1.82) is 10.8 Å². The first kappa shape index (κ1) is 22.5. The Bertz CT molecular complexity index is 491. The molecular weight excluding hydrogens is 334 g/mol. The normalized spacial score (nSPS) is 27.3. The SMILES string of the molecule is CC1(C)CC(C(=N)CNCC(=N)C2CC(C)(C)NC(C)(C)C2)CC(C)(C)N1. The van der Waals surface area contributed by atoms with Gasteiger partial charge in [0, 0.05) is 58.5 Å². The van der Waals surface area contributed by atoms with Crippen LogP contribution in [0, 0.1) is 22.7 Å². The van der Waals surface area contributed by atoms with E-state index in [2.05, 4.69) is 71.3 Å². The van der Waals surface area contributed by atoms with Gasteiger partial charge in [0.15, 0.2) is 0 Å². The number of piperidine rings is 2. The van der Waals surface area contributed by atoms with Crippen LogP contribution in [-0.4, -0.2) is 46.7 Å². The fourth-order valence-electron chi connectivity index (χ4n) is 5.76. The summed E-state index contributed by atoms with van der Waals surface area (Å²) in [6, 6.07) is 0. The minimum atomic E-state index is 0.0672. The van der Waals surface area contributed by atoms with E-state index in [1.54, 1.807) is 0 Å². The highest BCUT2D eigenvalue weighted by atomic mass is 15.1. The first-order chi connectivity index (χ1) is 12.1. The predicted molar refractivity (Wildman–Crippen MR) is 116 cm³/mol. The summed E-state index contributed by atoms with van der Waals surface area (Å²) in [5.41, 5.74) is 1.85. The van der Waals surface area contributed by atoms with Crippen LogP contribution in [0.3, 0.4) is 0 Å². The Morgan fingerprint density at radius 3 is 1.19 bits per heavy atom. The molecule has 2 fully saturated rings. The molecule has 0 atom stereocenters. The maximum absolute atomic E-state index is 8.58. The topological polar surface area (TPSA) is 83.8 Å². The zero-order chi connectivity index (χ0) is 20.7. The van der Waals surface area contributed by atoms with Crippen molar-refractivity contribution >= 4 is 11.4 Å². The highest BCUT2D eigenvalue weighted by Crippen LogP contribution is 2.34. The molecule has 0 aromatic rings. The zero-order valence-electron chi connectivity index (χ0n) is 18.9. The molecule has 0 amide bonds. The van der Waals surface area contributed by atoms with Gasteiger partial charge in [0.2, 0.25) is 0 Å². The van der Waals surface area contributed by atoms with Gasteiger partial charge in [0.25, 0.3) is 0 Å². The number of hydrogen-bond donors (Lipinski definition) is 5. The lowest BCUT2D eigenvalue weighted by Gasteiger charge is -2.47. The van der Waals surface area contributed by atoms with Crippen LogP contribution in [-0.2, 0) is 0 Å². The lowest BCUT2D eigenvalue weighted by molar-refractivity contribution is 0.156. The van der Waals surface area contributed by atoms with E-state index in [-0.39, 0.29) is 22.2 Å². The zero-order valence-corrected chi connectivity index (χ0v) is 18.9. The van der Waals surface area contributed by atoms with E-state index in [1.807, 2.05) is 0 Å². The molecule has 5 nitrogen and oxygen atoms in total. The second kappa shape index (κ2) is 7.57. The van der Waals surface area contributed by atoms with Gasteiger partial charge in [0.05, 0.1) is 0 Å². The Morgan fingerprint density at radius 2 is 0.926 bits per heavy atom. The number of nitrogens with one attached hydrogen (secondary N) is 5. The Morgan fingerprint density at radius 1 is 0.667 bits per heavy atom. The standard InChI is InChI=1S/C22H43N5/c1-19(2)9-15(10-20(3,4)26-19)17(23)13-25-14-18(24)16-11-21(5,6)27-22(7,8)12-16/h15-16,23-27H,9-14H2,1-8H3. The smallest absolute Gasteiger partial charge is 0.0339 e. The minimum absolute atomic E-state index is 0.0672. The largest absolute Gasteiger partial charge is 0.308 e. The van der Waals surface area contributed by atoms with Gasteiger partial charge in [-0.2, -0.15) is 0 Å². The summed E-state index contributed by atoms with van der Waals surface area (Å²) >= 11 is 0. The summed E-state index contributed by atoms with van der Waals surface area (Å²) in [7, 11) is 0. The average Bonchev–Trinajstić information content (AvgIpc) is 2.40. The van der Waals surface area contributed by atoms with Crippen molar-refractivity contribution in [3.8, 4) is 0 Å². The number of rotatable bonds is 6. The Hall–Kier alpha value is -0.780. The molecule has 0 spiro atoms. The fourth-order valence-corrected chi connectivity index (χ4v) is 5.76. The van der Waals surface area contributed by atoms with Gasteiger partial charge in [-0.15, -0.1) is 0 Å². The third kappa shape index (κ3) is 6.65. The molecule has 2 aliphatic heterocycles. The van der Waals surface area contributed by atoms with Gasteiger partial charge in [-0.1, -0.05) is 0 Å². The third-order valence-electron chi connectivity index (χ3n) is 6.00. The van der Waals surface area contributed by atoms with E-state index in [9.17, 15) is 0 Å². The molecule has 0 radical (unpaired) electrons. The van der Waals surface area contributed by atoms with Crippen molar-refractivity contribution in [2.45, 2.75) is 103 Å². The van der Waals surface area contributed by atoms with Crippen LogP contribution < -0.4 is 16.0 Å². The molecule has 0 aromatic carbocycles. The summed E-state index contributed by atoms with van der Waals surface area (Å²) in [6.45, 7) is 19.1. The average molecular weight is 378 g/mol. The van der Waals surface area contributed by atoms with Crippen LogP contribution in [0.15, 0.2) is 0 Å². The van der Waals surface area contributed by atoms with Gasteiger partial charge in [-0.25, -0.2) is 0 Å². The highest BCUT2D eigenvalue weighted by Gasteiger charge is 2.40. The van der Waals surface area contributed by atoms with Crippen LogP contribution in [0.2, 0.25) is 0 Å². The molecule has 0 unspecified atom stereocenters. The molecule has 0 saturated carbocycles. The van der Waals surface area contributed by atoms with Gasteiger partial charge >= 0.3 is 0 Å². The molecule has 5 heteroatoms. The second-order valence-corrected chi connectivity index (χ2v) is 11.6. The molecule has 0 aliphatic carbocycles. The van der Waals surface area contributed by atoms with Crippen LogP contribution in [0.5, 0.6) is 0 Å².